The lowest BCUT2D eigenvalue weighted by molar-refractivity contribution is 0.234. The number of nitrogens with two attached hydrogens (primary N) is 1. The van der Waals surface area contributed by atoms with Crippen molar-refractivity contribution in [3.05, 3.63) is 0 Å². The van der Waals surface area contributed by atoms with Gasteiger partial charge in [-0.1, -0.05) is 27.2 Å². The average molecular weight is 270 g/mol. The van der Waals surface area contributed by atoms with Gasteiger partial charge in [-0.05, 0) is 46.4 Å². The van der Waals surface area contributed by atoms with E-state index in [2.05, 4.69) is 44.7 Å². The Labute approximate surface area is 119 Å². The van der Waals surface area contributed by atoms with Gasteiger partial charge in [0.1, 0.15) is 0 Å². The molecule has 0 aromatic carbocycles. The van der Waals surface area contributed by atoms with Gasteiger partial charge >= 0.3 is 0 Å². The van der Waals surface area contributed by atoms with Crippen LogP contribution in [0.3, 0.4) is 0 Å². The fourth-order valence-corrected chi connectivity index (χ4v) is 2.03. The van der Waals surface area contributed by atoms with Crippen LogP contribution in [0.4, 0.5) is 0 Å². The SMILES string of the molecule is CCCN(CCCCC(C)(C)C(=N)N)CCN(C)C. The number of nitrogens with zero attached hydrogens (tertiary/aromatic N) is 2. The number of unbranched alkanes of at least 4 members (excludes halogenated alkanes) is 1. The number of hydrogen-bond acceptors (Lipinski definition) is 3. The van der Waals surface area contributed by atoms with Gasteiger partial charge in [0.15, 0.2) is 0 Å². The molecule has 0 atom stereocenters. The van der Waals surface area contributed by atoms with Crippen molar-refractivity contribution in [2.75, 3.05) is 40.3 Å². The Hall–Kier alpha value is -0.610. The monoisotopic (exact) mass is 270 g/mol. The average Bonchev–Trinajstić information content (AvgIpc) is 2.31. The van der Waals surface area contributed by atoms with Crippen molar-refractivity contribution in [1.29, 1.82) is 5.41 Å². The molecule has 0 aromatic rings. The van der Waals surface area contributed by atoms with Gasteiger partial charge in [0.2, 0.25) is 0 Å². The lowest BCUT2D eigenvalue weighted by Gasteiger charge is -2.25. The molecule has 0 bridgehead atoms. The van der Waals surface area contributed by atoms with E-state index in [4.69, 9.17) is 11.1 Å². The molecule has 0 radical (unpaired) electrons. The van der Waals surface area contributed by atoms with E-state index in [1.165, 1.54) is 19.4 Å². The largest absolute Gasteiger partial charge is 0.387 e. The molecular formula is C15H34N4. The number of nitrogens with one attached hydrogen (secondary N) is 1. The molecule has 0 aliphatic rings. The summed E-state index contributed by atoms with van der Waals surface area (Å²) in [7, 11) is 4.25. The molecule has 0 rings (SSSR count). The van der Waals surface area contributed by atoms with E-state index in [0.717, 1.165) is 32.5 Å². The van der Waals surface area contributed by atoms with E-state index in [9.17, 15) is 0 Å². The Morgan fingerprint density at radius 1 is 1.05 bits per heavy atom. The zero-order valence-corrected chi connectivity index (χ0v) is 13.6. The Morgan fingerprint density at radius 3 is 2.16 bits per heavy atom. The highest BCUT2D eigenvalue weighted by Gasteiger charge is 2.20. The minimum Gasteiger partial charge on any atom is -0.387 e. The Kier molecular flexibility index (Phi) is 9.02. The molecule has 0 aliphatic carbocycles. The van der Waals surface area contributed by atoms with E-state index in [1.807, 2.05) is 0 Å². The van der Waals surface area contributed by atoms with Gasteiger partial charge in [0.25, 0.3) is 0 Å². The third-order valence-corrected chi connectivity index (χ3v) is 3.66. The van der Waals surface area contributed by atoms with Crippen molar-refractivity contribution in [3.8, 4) is 0 Å². The van der Waals surface area contributed by atoms with Crippen LogP contribution in [0.15, 0.2) is 0 Å². The van der Waals surface area contributed by atoms with Crippen LogP contribution >= 0.6 is 0 Å². The number of amidine groups is 1. The quantitative estimate of drug-likeness (QED) is 0.344. The Bertz CT molecular complexity index is 249. The molecule has 0 spiro atoms. The second-order valence-electron chi connectivity index (χ2n) is 6.40. The van der Waals surface area contributed by atoms with E-state index in [0.29, 0.717) is 5.84 Å². The first kappa shape index (κ1) is 18.4. The van der Waals surface area contributed by atoms with Gasteiger partial charge in [0, 0.05) is 18.5 Å². The third kappa shape index (κ3) is 9.00. The first-order valence-corrected chi connectivity index (χ1v) is 7.51. The van der Waals surface area contributed by atoms with Crippen molar-refractivity contribution in [1.82, 2.24) is 9.80 Å². The smallest absolute Gasteiger partial charge is 0.0963 e. The fraction of sp³-hybridized carbons (Fsp3) is 0.933. The summed E-state index contributed by atoms with van der Waals surface area (Å²) in [4.78, 5) is 4.78. The zero-order chi connectivity index (χ0) is 14.9. The van der Waals surface area contributed by atoms with Gasteiger partial charge in [0.05, 0.1) is 5.84 Å². The highest BCUT2D eigenvalue weighted by molar-refractivity contribution is 5.82. The molecule has 114 valence electrons. The van der Waals surface area contributed by atoms with E-state index in [1.54, 1.807) is 0 Å². The first-order chi connectivity index (χ1) is 8.79. The molecule has 19 heavy (non-hydrogen) atoms. The molecular weight excluding hydrogens is 236 g/mol. The van der Waals surface area contributed by atoms with Gasteiger partial charge < -0.3 is 15.5 Å². The molecule has 0 saturated carbocycles. The van der Waals surface area contributed by atoms with Crippen LogP contribution in [0.25, 0.3) is 0 Å². The highest BCUT2D eigenvalue weighted by Crippen LogP contribution is 2.22. The molecule has 0 amide bonds. The molecule has 0 fully saturated rings. The maximum Gasteiger partial charge on any atom is 0.0963 e. The van der Waals surface area contributed by atoms with Crippen LogP contribution in [0.5, 0.6) is 0 Å². The molecule has 0 saturated heterocycles. The topological polar surface area (TPSA) is 56.4 Å². The Morgan fingerprint density at radius 2 is 1.68 bits per heavy atom. The van der Waals surface area contributed by atoms with E-state index >= 15 is 0 Å². The molecule has 0 aromatic heterocycles. The Balaban J connectivity index is 3.89. The van der Waals surface area contributed by atoms with E-state index in [-0.39, 0.29) is 5.41 Å². The van der Waals surface area contributed by atoms with Gasteiger partial charge in [-0.2, -0.15) is 0 Å². The van der Waals surface area contributed by atoms with Crippen LogP contribution in [-0.2, 0) is 0 Å². The lowest BCUT2D eigenvalue weighted by atomic mass is 9.86. The predicted octanol–water partition coefficient (Wildman–Crippen LogP) is 2.39. The normalized spacial score (nSPS) is 12.4. The maximum absolute atomic E-state index is 7.56. The lowest BCUT2D eigenvalue weighted by Crippen LogP contribution is -2.34. The summed E-state index contributed by atoms with van der Waals surface area (Å²) in [6.45, 7) is 11.0. The predicted molar refractivity (Wildman–Crippen MR) is 84.8 cm³/mol. The van der Waals surface area contributed by atoms with Crippen molar-refractivity contribution < 1.29 is 0 Å². The van der Waals surface area contributed by atoms with Crippen molar-refractivity contribution in [3.63, 3.8) is 0 Å². The molecule has 4 heteroatoms. The van der Waals surface area contributed by atoms with Crippen LogP contribution in [0.2, 0.25) is 0 Å². The van der Waals surface area contributed by atoms with E-state index < -0.39 is 0 Å². The summed E-state index contributed by atoms with van der Waals surface area (Å²) in [5.74, 6) is 0.311. The number of likely N-dealkylation sites (N-methyl/N-ethyl adjacent to an activating group) is 1. The highest BCUT2D eigenvalue weighted by atomic mass is 15.2. The molecule has 0 heterocycles. The molecule has 0 unspecified atom stereocenters. The number of hydrogen-bond donors (Lipinski definition) is 2. The molecule has 4 nitrogen and oxygen atoms in total. The van der Waals surface area contributed by atoms with Gasteiger partial charge in [-0.3, -0.25) is 5.41 Å². The second-order valence-corrected chi connectivity index (χ2v) is 6.40. The van der Waals surface area contributed by atoms with Crippen LogP contribution in [0, 0.1) is 10.8 Å². The standard InChI is InChI=1S/C15H34N4/c1-6-10-19(13-12-18(4)5)11-8-7-9-15(2,3)14(16)17/h6-13H2,1-5H3,(H3,16,17). The summed E-state index contributed by atoms with van der Waals surface area (Å²) >= 11 is 0. The third-order valence-electron chi connectivity index (χ3n) is 3.66. The minimum absolute atomic E-state index is 0.140. The van der Waals surface area contributed by atoms with Crippen LogP contribution in [-0.4, -0.2) is 55.9 Å². The summed E-state index contributed by atoms with van der Waals surface area (Å²) in [6, 6.07) is 0. The van der Waals surface area contributed by atoms with Gasteiger partial charge in [-0.15, -0.1) is 0 Å². The first-order valence-electron chi connectivity index (χ1n) is 7.51. The maximum atomic E-state index is 7.56. The van der Waals surface area contributed by atoms with Crippen molar-refractivity contribution in [2.45, 2.75) is 46.5 Å². The molecule has 0 aliphatic heterocycles. The zero-order valence-electron chi connectivity index (χ0n) is 13.6. The summed E-state index contributed by atoms with van der Waals surface area (Å²) < 4.78 is 0. The van der Waals surface area contributed by atoms with Crippen molar-refractivity contribution in [2.24, 2.45) is 11.1 Å². The summed E-state index contributed by atoms with van der Waals surface area (Å²) in [5, 5.41) is 7.56. The second kappa shape index (κ2) is 9.32. The van der Waals surface area contributed by atoms with Gasteiger partial charge in [-0.25, -0.2) is 0 Å². The number of rotatable bonds is 11. The van der Waals surface area contributed by atoms with Crippen LogP contribution in [0.1, 0.15) is 46.5 Å². The van der Waals surface area contributed by atoms with Crippen LogP contribution < -0.4 is 5.73 Å². The van der Waals surface area contributed by atoms with Crippen molar-refractivity contribution >= 4 is 5.84 Å². The summed E-state index contributed by atoms with van der Waals surface area (Å²) in [5.41, 5.74) is 5.47. The minimum atomic E-state index is -0.140. The fourth-order valence-electron chi connectivity index (χ4n) is 2.03. The summed E-state index contributed by atoms with van der Waals surface area (Å²) in [6.07, 6.45) is 4.57. The molecule has 3 N–H and O–H groups in total.